The van der Waals surface area contributed by atoms with Gasteiger partial charge in [-0.2, -0.15) is 0 Å². The summed E-state index contributed by atoms with van der Waals surface area (Å²) in [6.07, 6.45) is 1.97. The first-order valence-electron chi connectivity index (χ1n) is 7.38. The van der Waals surface area contributed by atoms with Crippen LogP contribution >= 0.6 is 0 Å². The summed E-state index contributed by atoms with van der Waals surface area (Å²) >= 11 is 0. The van der Waals surface area contributed by atoms with Crippen LogP contribution in [0.2, 0.25) is 0 Å². The van der Waals surface area contributed by atoms with Crippen LogP contribution in [-0.4, -0.2) is 15.8 Å². The maximum atomic E-state index is 5.69. The second-order valence-electron chi connectivity index (χ2n) is 6.35. The minimum atomic E-state index is -0.00559. The highest BCUT2D eigenvalue weighted by Gasteiger charge is 2.17. The Bertz CT molecular complexity index is 707. The topological polar surface area (TPSA) is 20.5 Å². The molecule has 0 aliphatic carbocycles. The van der Waals surface area contributed by atoms with Crippen molar-refractivity contribution in [2.75, 3.05) is 0 Å². The van der Waals surface area contributed by atoms with Crippen molar-refractivity contribution in [3.8, 4) is 0 Å². The number of carbonyl (C=O) groups excluding carboxylic acids is 1. The molecule has 0 aromatic heterocycles. The van der Waals surface area contributed by atoms with Gasteiger partial charge < -0.3 is 8.54 Å². The summed E-state index contributed by atoms with van der Waals surface area (Å²) in [4.78, 5) is 0. The van der Waals surface area contributed by atoms with E-state index in [1.54, 1.807) is 0 Å². The van der Waals surface area contributed by atoms with Crippen molar-refractivity contribution in [3.63, 3.8) is 0 Å². The minimum absolute atomic E-state index is 0.00559. The van der Waals surface area contributed by atoms with E-state index in [9.17, 15) is 0 Å². The van der Waals surface area contributed by atoms with Gasteiger partial charge in [0.1, 0.15) is 0 Å². The molecule has 0 atom stereocenters. The Labute approximate surface area is 134 Å². The molecule has 0 N–H and O–H groups in total. The first kappa shape index (κ1) is 14.8. The van der Waals surface area contributed by atoms with E-state index < -0.39 is 0 Å². The maximum absolute atomic E-state index is 5.69. The Morgan fingerprint density at radius 2 is 1.55 bits per heavy atom. The molecular formula is C19H19O2Si. The molecule has 1 heterocycles. The predicted octanol–water partition coefficient (Wildman–Crippen LogP) is 4.31. The molecule has 0 saturated heterocycles. The van der Waals surface area contributed by atoms with Crippen LogP contribution in [0.15, 0.2) is 60.7 Å². The molecule has 2 aromatic carbocycles. The fraction of sp³-hybridized carbons (Fsp3) is 0.211. The third-order valence-corrected chi connectivity index (χ3v) is 4.27. The van der Waals surface area contributed by atoms with Crippen LogP contribution in [0.25, 0.3) is 5.76 Å². The van der Waals surface area contributed by atoms with Gasteiger partial charge in [0.15, 0.2) is 0 Å². The summed E-state index contributed by atoms with van der Waals surface area (Å²) < 4.78 is 11.3. The van der Waals surface area contributed by atoms with Crippen LogP contribution in [0, 0.1) is 0 Å². The van der Waals surface area contributed by atoms with Gasteiger partial charge in [-0.15, -0.1) is 0 Å². The Kier molecular flexibility index (Phi) is 3.99. The fourth-order valence-electron chi connectivity index (χ4n) is 2.31. The van der Waals surface area contributed by atoms with Crippen LogP contribution in [-0.2, 0) is 9.84 Å². The summed E-state index contributed by atoms with van der Waals surface area (Å²) in [7, 11) is -0.00559. The number of hydrogen-bond donors (Lipinski definition) is 0. The molecule has 0 spiro atoms. The summed E-state index contributed by atoms with van der Waals surface area (Å²) in [6.45, 7) is 6.65. The summed E-state index contributed by atoms with van der Waals surface area (Å²) in [5.41, 5.74) is 3.63. The third kappa shape index (κ3) is 3.20. The van der Waals surface area contributed by atoms with Gasteiger partial charge in [-0.3, -0.25) is 0 Å². The number of rotatable bonds is 2. The number of benzene rings is 2. The number of hydrogen-bond acceptors (Lipinski definition) is 1. The lowest BCUT2D eigenvalue weighted by Gasteiger charge is -2.20. The molecule has 0 bridgehead atoms. The highest BCUT2D eigenvalue weighted by atomic mass is 28.2. The zero-order valence-corrected chi connectivity index (χ0v) is 14.1. The normalized spacial score (nSPS) is 14.5. The van der Waals surface area contributed by atoms with E-state index in [0.29, 0.717) is 0 Å². The van der Waals surface area contributed by atoms with Gasteiger partial charge in [0, 0.05) is 5.56 Å². The first-order valence-corrected chi connectivity index (χ1v) is 8.19. The zero-order chi connectivity index (χ0) is 15.6. The third-order valence-electron chi connectivity index (χ3n) is 3.66. The van der Waals surface area contributed by atoms with E-state index in [0.717, 1.165) is 22.7 Å². The van der Waals surface area contributed by atoms with Gasteiger partial charge in [-0.25, -0.2) is 0 Å². The van der Waals surface area contributed by atoms with Gasteiger partial charge in [0.25, 0.3) is 5.78 Å². The van der Waals surface area contributed by atoms with Gasteiger partial charge in [-0.1, -0.05) is 63.2 Å². The molecule has 2 nitrogen and oxygen atoms in total. The number of allylic oxidation sites excluding steroid dienone is 1. The van der Waals surface area contributed by atoms with Crippen LogP contribution in [0.3, 0.4) is 0 Å². The van der Waals surface area contributed by atoms with Gasteiger partial charge >= 0.3 is 10.0 Å². The lowest BCUT2D eigenvalue weighted by Crippen LogP contribution is -2.12. The molecule has 0 unspecified atom stereocenters. The molecule has 1 aliphatic rings. The molecule has 3 rings (SSSR count). The van der Waals surface area contributed by atoms with Crippen molar-refractivity contribution < 1.29 is 8.54 Å². The van der Waals surface area contributed by atoms with E-state index in [1.807, 2.05) is 36.4 Å². The molecule has 111 valence electrons. The van der Waals surface area contributed by atoms with Gasteiger partial charge in [0.05, 0.1) is 17.4 Å². The van der Waals surface area contributed by atoms with Gasteiger partial charge in [0.2, 0.25) is 0 Å². The second kappa shape index (κ2) is 5.93. The van der Waals surface area contributed by atoms with Crippen molar-refractivity contribution in [1.29, 1.82) is 0 Å². The lowest BCUT2D eigenvalue weighted by atomic mass is 9.86. The van der Waals surface area contributed by atoms with E-state index in [1.165, 1.54) is 5.56 Å². The first-order chi connectivity index (χ1) is 10.5. The second-order valence-corrected chi connectivity index (χ2v) is 6.93. The quantitative estimate of drug-likeness (QED) is 0.598. The molecule has 0 saturated carbocycles. The van der Waals surface area contributed by atoms with Gasteiger partial charge in [-0.05, 0) is 23.1 Å². The Hall–Kier alpha value is -2.13. The summed E-state index contributed by atoms with van der Waals surface area (Å²) in [6, 6.07) is 18.7. The Morgan fingerprint density at radius 3 is 2.18 bits per heavy atom. The van der Waals surface area contributed by atoms with Crippen molar-refractivity contribution in [3.05, 3.63) is 77.4 Å². The molecular weight excluding hydrogens is 288 g/mol. The van der Waals surface area contributed by atoms with Crippen LogP contribution in [0.1, 0.15) is 41.6 Å². The molecule has 0 fully saturated rings. The minimum Gasteiger partial charge on any atom is -0.629 e. The lowest BCUT2D eigenvalue weighted by molar-refractivity contribution is -0.101. The van der Waals surface area contributed by atoms with E-state index in [2.05, 4.69) is 45.0 Å². The van der Waals surface area contributed by atoms with Crippen molar-refractivity contribution in [1.82, 2.24) is 0 Å². The Balaban J connectivity index is 1.89. The van der Waals surface area contributed by atoms with Crippen molar-refractivity contribution in [2.45, 2.75) is 26.2 Å². The maximum Gasteiger partial charge on any atom is 0.424 e. The van der Waals surface area contributed by atoms with E-state index >= 15 is 0 Å². The highest BCUT2D eigenvalue weighted by molar-refractivity contribution is 6.25. The van der Waals surface area contributed by atoms with Crippen molar-refractivity contribution in [2.24, 2.45) is 0 Å². The fourth-order valence-corrected chi connectivity index (χ4v) is 2.88. The predicted molar refractivity (Wildman–Crippen MR) is 90.7 cm³/mol. The standard InChI is InChI=1S/C19H19O2Si/c1-19(2,3)16-11-9-15(10-12-16)18-13-17(20-22-21-18)14-7-5-4-6-8-14/h4-13H,1-3H3. The molecule has 0 amide bonds. The average molecular weight is 307 g/mol. The monoisotopic (exact) mass is 307 g/mol. The van der Waals surface area contributed by atoms with Crippen LogP contribution < -0.4 is 0 Å². The molecule has 22 heavy (non-hydrogen) atoms. The molecule has 2 aromatic rings. The van der Waals surface area contributed by atoms with Crippen molar-refractivity contribution >= 4 is 21.5 Å². The smallest absolute Gasteiger partial charge is 0.424 e. The molecule has 1 aliphatic heterocycles. The molecule has 1 radical (unpaired) electrons. The van der Waals surface area contributed by atoms with E-state index in [4.69, 9.17) is 8.54 Å². The van der Waals surface area contributed by atoms with Crippen LogP contribution in [0.5, 0.6) is 0 Å². The Morgan fingerprint density at radius 1 is 0.864 bits per heavy atom. The largest absolute Gasteiger partial charge is 0.629 e. The number of ketones is 1. The SMILES string of the molecule is CC(C)(C)c1ccc(C2=CC(c3ccccc3)=[O+][Si-]O2)cc1. The summed E-state index contributed by atoms with van der Waals surface area (Å²) in [5, 5.41) is 0. The van der Waals surface area contributed by atoms with E-state index in [-0.39, 0.29) is 15.4 Å². The zero-order valence-electron chi connectivity index (χ0n) is 13.1. The molecule has 3 heteroatoms. The summed E-state index contributed by atoms with van der Waals surface area (Å²) in [5.74, 6) is 1.73. The average Bonchev–Trinajstić information content (AvgIpc) is 2.55. The van der Waals surface area contributed by atoms with Crippen LogP contribution in [0.4, 0.5) is 0 Å². The highest BCUT2D eigenvalue weighted by Crippen LogP contribution is 2.25.